The number of carbonyl (C=O) groups excluding carboxylic acids is 1. The van der Waals surface area contributed by atoms with Crippen LogP contribution in [0.25, 0.3) is 0 Å². The van der Waals surface area contributed by atoms with Crippen molar-refractivity contribution in [1.29, 1.82) is 0 Å². The molecule has 70 valence electrons. The largest absolute Gasteiger partial charge is 0.328 e. The smallest absolute Gasteiger partial charge is 0.315 e. The fraction of sp³-hybridized carbons (Fsp3) is 0.625. The molecule has 13 heavy (non-hydrogen) atoms. The maximum atomic E-state index is 11.4. The van der Waals surface area contributed by atoms with Gasteiger partial charge >= 0.3 is 6.01 Å². The first-order chi connectivity index (χ1) is 6.16. The highest BCUT2D eigenvalue weighted by atomic mass is 16.5. The van der Waals surface area contributed by atoms with Gasteiger partial charge in [0.15, 0.2) is 5.82 Å². The van der Waals surface area contributed by atoms with Gasteiger partial charge in [0, 0.05) is 5.92 Å². The number of hydrogen-bond donors (Lipinski definition) is 1. The minimum Gasteiger partial charge on any atom is -0.315 e. The van der Waals surface area contributed by atoms with Crippen LogP contribution in [-0.2, 0) is 4.79 Å². The Morgan fingerprint density at radius 1 is 1.69 bits per heavy atom. The molecule has 2 unspecified atom stereocenters. The summed E-state index contributed by atoms with van der Waals surface area (Å²) in [5, 5.41) is 6.14. The average molecular weight is 181 g/mol. The number of carbonyl (C=O) groups is 1. The second-order valence-electron chi connectivity index (χ2n) is 3.46. The van der Waals surface area contributed by atoms with E-state index in [1.807, 2.05) is 6.92 Å². The quantitative estimate of drug-likeness (QED) is 0.738. The lowest BCUT2D eigenvalue weighted by Gasteiger charge is -1.95. The van der Waals surface area contributed by atoms with E-state index in [4.69, 9.17) is 4.52 Å². The van der Waals surface area contributed by atoms with E-state index in [1.54, 1.807) is 6.92 Å². The average Bonchev–Trinajstić information content (AvgIpc) is 2.66. The number of hydrogen-bond acceptors (Lipinski definition) is 4. The minimum atomic E-state index is -0.0175. The number of aromatic nitrogens is 2. The first-order valence-electron chi connectivity index (χ1n) is 4.28. The molecule has 1 heterocycles. The van der Waals surface area contributed by atoms with Gasteiger partial charge < -0.3 is 4.52 Å². The van der Waals surface area contributed by atoms with Gasteiger partial charge in [0.05, 0.1) is 0 Å². The van der Waals surface area contributed by atoms with Crippen LogP contribution >= 0.6 is 0 Å². The predicted octanol–water partition coefficient (Wildman–Crippen LogP) is 0.973. The van der Waals surface area contributed by atoms with Gasteiger partial charge in [-0.3, -0.25) is 10.1 Å². The minimum absolute atomic E-state index is 0.0175. The standard InChI is InChI=1S/C8H11N3O2/c1-4-3-6(4)7(12)10-8-9-5(2)11-13-8/h4,6H,3H2,1-2H3,(H,9,10,11,12). The Morgan fingerprint density at radius 2 is 2.38 bits per heavy atom. The van der Waals surface area contributed by atoms with Crippen LogP contribution < -0.4 is 5.32 Å². The van der Waals surface area contributed by atoms with Gasteiger partial charge in [-0.2, -0.15) is 4.98 Å². The van der Waals surface area contributed by atoms with Gasteiger partial charge in [-0.05, 0) is 19.3 Å². The van der Waals surface area contributed by atoms with Crippen LogP contribution in [0, 0.1) is 18.8 Å². The molecule has 1 aliphatic carbocycles. The molecule has 5 nitrogen and oxygen atoms in total. The summed E-state index contributed by atoms with van der Waals surface area (Å²) >= 11 is 0. The highest BCUT2D eigenvalue weighted by Gasteiger charge is 2.39. The van der Waals surface area contributed by atoms with Crippen molar-refractivity contribution in [2.75, 3.05) is 5.32 Å². The molecule has 1 aliphatic rings. The molecule has 0 bridgehead atoms. The third kappa shape index (κ3) is 1.68. The van der Waals surface area contributed by atoms with Gasteiger partial charge in [0.1, 0.15) is 0 Å². The molecule has 1 saturated carbocycles. The van der Waals surface area contributed by atoms with Gasteiger partial charge in [-0.15, -0.1) is 0 Å². The number of rotatable bonds is 2. The highest BCUT2D eigenvalue weighted by molar-refractivity contribution is 5.92. The lowest BCUT2D eigenvalue weighted by atomic mass is 10.3. The van der Waals surface area contributed by atoms with Gasteiger partial charge in [-0.25, -0.2) is 0 Å². The Bertz CT molecular complexity index is 334. The molecule has 2 atom stereocenters. The SMILES string of the molecule is Cc1noc(NC(=O)C2CC2C)n1. The van der Waals surface area contributed by atoms with Crippen LogP contribution in [0.5, 0.6) is 0 Å². The summed E-state index contributed by atoms with van der Waals surface area (Å²) in [7, 11) is 0. The molecule has 1 fully saturated rings. The lowest BCUT2D eigenvalue weighted by Crippen LogP contribution is -2.14. The summed E-state index contributed by atoms with van der Waals surface area (Å²) in [5.74, 6) is 1.13. The zero-order chi connectivity index (χ0) is 9.42. The van der Waals surface area contributed by atoms with E-state index >= 15 is 0 Å². The third-order valence-corrected chi connectivity index (χ3v) is 2.20. The zero-order valence-electron chi connectivity index (χ0n) is 7.57. The molecule has 0 aromatic carbocycles. The summed E-state index contributed by atoms with van der Waals surface area (Å²) in [4.78, 5) is 15.2. The molecule has 0 spiro atoms. The summed E-state index contributed by atoms with van der Waals surface area (Å²) < 4.78 is 4.76. The Hall–Kier alpha value is -1.39. The molecule has 5 heteroatoms. The lowest BCUT2D eigenvalue weighted by molar-refractivity contribution is -0.117. The maximum Gasteiger partial charge on any atom is 0.328 e. The van der Waals surface area contributed by atoms with Crippen molar-refractivity contribution in [3.63, 3.8) is 0 Å². The normalized spacial score (nSPS) is 25.7. The van der Waals surface area contributed by atoms with Crippen LogP contribution in [0.3, 0.4) is 0 Å². The fourth-order valence-corrected chi connectivity index (χ4v) is 1.23. The summed E-state index contributed by atoms with van der Waals surface area (Å²) in [6, 6.07) is 0.196. The van der Waals surface area contributed by atoms with Crippen molar-refractivity contribution in [2.45, 2.75) is 20.3 Å². The molecule has 1 aromatic heterocycles. The van der Waals surface area contributed by atoms with E-state index in [2.05, 4.69) is 15.5 Å². The topological polar surface area (TPSA) is 68.0 Å². The molecule has 1 aromatic rings. The third-order valence-electron chi connectivity index (χ3n) is 2.20. The number of amides is 1. The molecule has 0 radical (unpaired) electrons. The van der Waals surface area contributed by atoms with Crippen LogP contribution in [0.4, 0.5) is 6.01 Å². The maximum absolute atomic E-state index is 11.4. The zero-order valence-corrected chi connectivity index (χ0v) is 7.57. The first-order valence-corrected chi connectivity index (χ1v) is 4.28. The molecule has 2 rings (SSSR count). The molecule has 1 N–H and O–H groups in total. The summed E-state index contributed by atoms with van der Waals surface area (Å²) in [6.45, 7) is 3.75. The van der Waals surface area contributed by atoms with E-state index in [9.17, 15) is 4.79 Å². The van der Waals surface area contributed by atoms with Crippen molar-refractivity contribution in [2.24, 2.45) is 11.8 Å². The Morgan fingerprint density at radius 3 is 2.85 bits per heavy atom. The van der Waals surface area contributed by atoms with Crippen molar-refractivity contribution < 1.29 is 9.32 Å². The van der Waals surface area contributed by atoms with Crippen LogP contribution in [-0.4, -0.2) is 16.0 Å². The Balaban J connectivity index is 1.95. The Labute approximate surface area is 75.5 Å². The van der Waals surface area contributed by atoms with E-state index in [0.29, 0.717) is 11.7 Å². The summed E-state index contributed by atoms with van der Waals surface area (Å²) in [6.07, 6.45) is 0.957. The van der Waals surface area contributed by atoms with E-state index in [0.717, 1.165) is 6.42 Å². The fourth-order valence-electron chi connectivity index (χ4n) is 1.23. The number of nitrogens with one attached hydrogen (secondary N) is 1. The van der Waals surface area contributed by atoms with Crippen molar-refractivity contribution >= 4 is 11.9 Å². The predicted molar refractivity (Wildman–Crippen MR) is 44.9 cm³/mol. The van der Waals surface area contributed by atoms with E-state index < -0.39 is 0 Å². The van der Waals surface area contributed by atoms with Gasteiger partial charge in [-0.1, -0.05) is 12.1 Å². The van der Waals surface area contributed by atoms with Crippen LogP contribution in [0.15, 0.2) is 4.52 Å². The van der Waals surface area contributed by atoms with Crippen LogP contribution in [0.2, 0.25) is 0 Å². The molecule has 0 saturated heterocycles. The van der Waals surface area contributed by atoms with Crippen molar-refractivity contribution in [1.82, 2.24) is 10.1 Å². The Kier molecular flexibility index (Phi) is 1.79. The summed E-state index contributed by atoms with van der Waals surface area (Å²) in [5.41, 5.74) is 0. The number of aryl methyl sites for hydroxylation is 1. The number of nitrogens with zero attached hydrogens (tertiary/aromatic N) is 2. The van der Waals surface area contributed by atoms with Gasteiger partial charge in [0.2, 0.25) is 5.91 Å². The monoisotopic (exact) mass is 181 g/mol. The second-order valence-corrected chi connectivity index (χ2v) is 3.46. The second kappa shape index (κ2) is 2.83. The molecule has 0 aliphatic heterocycles. The first kappa shape index (κ1) is 8.22. The van der Waals surface area contributed by atoms with Crippen molar-refractivity contribution in [3.8, 4) is 0 Å². The molecule has 1 amide bonds. The number of anilines is 1. The van der Waals surface area contributed by atoms with E-state index in [-0.39, 0.29) is 17.8 Å². The van der Waals surface area contributed by atoms with Crippen molar-refractivity contribution in [3.05, 3.63) is 5.82 Å². The van der Waals surface area contributed by atoms with E-state index in [1.165, 1.54) is 0 Å². The van der Waals surface area contributed by atoms with Gasteiger partial charge in [0.25, 0.3) is 0 Å². The highest BCUT2D eigenvalue weighted by Crippen LogP contribution is 2.38. The van der Waals surface area contributed by atoms with Crippen LogP contribution in [0.1, 0.15) is 19.2 Å². The molecular weight excluding hydrogens is 170 g/mol. The molecular formula is C8H11N3O2.